The lowest BCUT2D eigenvalue weighted by molar-refractivity contribution is -0.144. The second-order valence-corrected chi connectivity index (χ2v) is 4.04. The van der Waals surface area contributed by atoms with Gasteiger partial charge in [-0.15, -0.1) is 0 Å². The normalized spacial score (nSPS) is 11.7. The second kappa shape index (κ2) is 7.27. The topological polar surface area (TPSA) is 119 Å². The molecule has 0 spiro atoms. The molecule has 0 saturated heterocycles. The lowest BCUT2D eigenvalue weighted by Gasteiger charge is -2.12. The molecule has 0 radical (unpaired) electrons. The SMILES string of the molecule is CCOC(=O)CC[C@H](NC(=O)c1cc(C)no1)C(=O)O. The molecule has 20 heavy (non-hydrogen) atoms. The number of carbonyl (C=O) groups is 3. The Morgan fingerprint density at radius 2 is 2.20 bits per heavy atom. The van der Waals surface area contributed by atoms with Crippen molar-refractivity contribution in [2.75, 3.05) is 6.61 Å². The highest BCUT2D eigenvalue weighted by Gasteiger charge is 2.23. The molecule has 1 amide bonds. The molecular formula is C12H16N2O6. The Balaban J connectivity index is 2.57. The molecule has 0 aliphatic rings. The number of carboxylic acids is 1. The van der Waals surface area contributed by atoms with Crippen LogP contribution in [0.3, 0.4) is 0 Å². The van der Waals surface area contributed by atoms with Gasteiger partial charge in [0.2, 0.25) is 5.76 Å². The van der Waals surface area contributed by atoms with Gasteiger partial charge >= 0.3 is 11.9 Å². The Morgan fingerprint density at radius 1 is 1.50 bits per heavy atom. The highest BCUT2D eigenvalue weighted by molar-refractivity contribution is 5.94. The molecular weight excluding hydrogens is 268 g/mol. The molecule has 0 aliphatic carbocycles. The first-order chi connectivity index (χ1) is 9.43. The van der Waals surface area contributed by atoms with Gasteiger partial charge in [-0.25, -0.2) is 4.79 Å². The Kier molecular flexibility index (Phi) is 5.70. The number of carbonyl (C=O) groups excluding carboxylic acids is 2. The highest BCUT2D eigenvalue weighted by atomic mass is 16.5. The van der Waals surface area contributed by atoms with Crippen LogP contribution in [0, 0.1) is 6.92 Å². The van der Waals surface area contributed by atoms with Gasteiger partial charge < -0.3 is 19.7 Å². The van der Waals surface area contributed by atoms with Gasteiger partial charge in [-0.3, -0.25) is 9.59 Å². The van der Waals surface area contributed by atoms with E-state index < -0.39 is 23.9 Å². The standard InChI is InChI=1S/C12H16N2O6/c1-3-19-10(15)5-4-8(12(17)18)13-11(16)9-6-7(2)14-20-9/h6,8H,3-5H2,1-2H3,(H,13,16)(H,17,18)/t8-/m0/s1. The summed E-state index contributed by atoms with van der Waals surface area (Å²) in [6.45, 7) is 3.51. The van der Waals surface area contributed by atoms with Crippen molar-refractivity contribution in [2.24, 2.45) is 0 Å². The van der Waals surface area contributed by atoms with Crippen LogP contribution < -0.4 is 5.32 Å². The minimum absolute atomic E-state index is 0.0625. The monoisotopic (exact) mass is 284 g/mol. The van der Waals surface area contributed by atoms with E-state index in [4.69, 9.17) is 14.4 Å². The maximum atomic E-state index is 11.7. The van der Waals surface area contributed by atoms with Gasteiger partial charge in [0, 0.05) is 12.5 Å². The molecule has 0 saturated carbocycles. The number of amides is 1. The van der Waals surface area contributed by atoms with Crippen LogP contribution in [0.25, 0.3) is 0 Å². The summed E-state index contributed by atoms with van der Waals surface area (Å²) in [5.41, 5.74) is 0.508. The summed E-state index contributed by atoms with van der Waals surface area (Å²) in [5.74, 6) is -2.52. The third-order valence-electron chi connectivity index (χ3n) is 2.40. The van der Waals surface area contributed by atoms with E-state index in [1.165, 1.54) is 6.07 Å². The number of aliphatic carboxylic acids is 1. The van der Waals surface area contributed by atoms with E-state index in [0.717, 1.165) is 0 Å². The fraction of sp³-hybridized carbons (Fsp3) is 0.500. The van der Waals surface area contributed by atoms with Crippen LogP contribution in [0.5, 0.6) is 0 Å². The van der Waals surface area contributed by atoms with E-state index in [9.17, 15) is 14.4 Å². The van der Waals surface area contributed by atoms with Crippen molar-refractivity contribution in [2.45, 2.75) is 32.7 Å². The first kappa shape index (κ1) is 15.7. The molecule has 8 heteroatoms. The Morgan fingerprint density at radius 3 is 2.70 bits per heavy atom. The molecule has 1 atom stereocenters. The summed E-state index contributed by atoms with van der Waals surface area (Å²) < 4.78 is 9.42. The number of nitrogens with zero attached hydrogens (tertiary/aromatic N) is 1. The number of nitrogens with one attached hydrogen (secondary N) is 1. The van der Waals surface area contributed by atoms with Crippen LogP contribution in [-0.4, -0.2) is 40.8 Å². The fourth-order valence-corrected chi connectivity index (χ4v) is 1.45. The van der Waals surface area contributed by atoms with E-state index in [1.54, 1.807) is 13.8 Å². The number of hydrogen-bond donors (Lipinski definition) is 2. The Labute approximate surface area is 115 Å². The highest BCUT2D eigenvalue weighted by Crippen LogP contribution is 2.05. The first-order valence-corrected chi connectivity index (χ1v) is 6.06. The summed E-state index contributed by atoms with van der Waals surface area (Å²) in [4.78, 5) is 33.9. The van der Waals surface area contributed by atoms with Gasteiger partial charge in [-0.2, -0.15) is 0 Å². The summed E-state index contributed by atoms with van der Waals surface area (Å²) in [5, 5.41) is 14.8. The van der Waals surface area contributed by atoms with Crippen molar-refractivity contribution in [1.82, 2.24) is 10.5 Å². The van der Waals surface area contributed by atoms with Crippen LogP contribution >= 0.6 is 0 Å². The molecule has 8 nitrogen and oxygen atoms in total. The number of carboxylic acid groups (broad SMARTS) is 1. The average Bonchev–Trinajstić information content (AvgIpc) is 2.81. The van der Waals surface area contributed by atoms with E-state index in [0.29, 0.717) is 5.69 Å². The molecule has 1 rings (SSSR count). The molecule has 2 N–H and O–H groups in total. The molecule has 0 unspecified atom stereocenters. The Hall–Kier alpha value is -2.38. The number of aryl methyl sites for hydroxylation is 1. The molecule has 1 aromatic rings. The average molecular weight is 284 g/mol. The zero-order valence-electron chi connectivity index (χ0n) is 11.2. The van der Waals surface area contributed by atoms with E-state index in [-0.39, 0.29) is 25.2 Å². The molecule has 0 fully saturated rings. The van der Waals surface area contributed by atoms with Crippen LogP contribution in [0.4, 0.5) is 0 Å². The number of aromatic nitrogens is 1. The van der Waals surface area contributed by atoms with Crippen LogP contribution in [0.15, 0.2) is 10.6 Å². The summed E-state index contributed by atoms with van der Waals surface area (Å²) in [6, 6.07) is 0.192. The van der Waals surface area contributed by atoms with Gasteiger partial charge in [0.15, 0.2) is 0 Å². The van der Waals surface area contributed by atoms with Crippen molar-refractivity contribution in [1.29, 1.82) is 0 Å². The summed E-state index contributed by atoms with van der Waals surface area (Å²) in [6.07, 6.45) is -0.159. The van der Waals surface area contributed by atoms with E-state index in [1.807, 2.05) is 0 Å². The number of rotatable bonds is 7. The predicted octanol–water partition coefficient (Wildman–Crippen LogP) is 0.509. The minimum atomic E-state index is -1.24. The smallest absolute Gasteiger partial charge is 0.326 e. The van der Waals surface area contributed by atoms with Crippen molar-refractivity contribution in [3.63, 3.8) is 0 Å². The van der Waals surface area contributed by atoms with Crippen molar-refractivity contribution in [3.05, 3.63) is 17.5 Å². The number of esters is 1. The molecule has 1 heterocycles. The maximum absolute atomic E-state index is 11.7. The minimum Gasteiger partial charge on any atom is -0.480 e. The van der Waals surface area contributed by atoms with Crippen LogP contribution in [0.2, 0.25) is 0 Å². The first-order valence-electron chi connectivity index (χ1n) is 6.06. The van der Waals surface area contributed by atoms with E-state index >= 15 is 0 Å². The third-order valence-corrected chi connectivity index (χ3v) is 2.40. The van der Waals surface area contributed by atoms with Gasteiger partial charge in [0.05, 0.1) is 12.3 Å². The summed E-state index contributed by atoms with van der Waals surface area (Å²) in [7, 11) is 0. The van der Waals surface area contributed by atoms with Crippen LogP contribution in [0.1, 0.15) is 36.0 Å². The largest absolute Gasteiger partial charge is 0.480 e. The van der Waals surface area contributed by atoms with Gasteiger partial charge in [-0.1, -0.05) is 5.16 Å². The van der Waals surface area contributed by atoms with Crippen LogP contribution in [-0.2, 0) is 14.3 Å². The van der Waals surface area contributed by atoms with Crippen molar-refractivity contribution >= 4 is 17.8 Å². The van der Waals surface area contributed by atoms with Gasteiger partial charge in [0.1, 0.15) is 6.04 Å². The number of hydrogen-bond acceptors (Lipinski definition) is 6. The Bertz CT molecular complexity index is 496. The quantitative estimate of drug-likeness (QED) is 0.700. The van der Waals surface area contributed by atoms with Crippen molar-refractivity contribution < 1.29 is 28.8 Å². The fourth-order valence-electron chi connectivity index (χ4n) is 1.45. The molecule has 0 bridgehead atoms. The van der Waals surface area contributed by atoms with E-state index in [2.05, 4.69) is 10.5 Å². The third kappa shape index (κ3) is 4.71. The van der Waals surface area contributed by atoms with Gasteiger partial charge in [0.25, 0.3) is 5.91 Å². The lowest BCUT2D eigenvalue weighted by atomic mass is 10.1. The zero-order valence-corrected chi connectivity index (χ0v) is 11.2. The zero-order chi connectivity index (χ0) is 15.1. The molecule has 0 aromatic carbocycles. The lowest BCUT2D eigenvalue weighted by Crippen LogP contribution is -2.41. The van der Waals surface area contributed by atoms with Gasteiger partial charge in [-0.05, 0) is 20.3 Å². The van der Waals surface area contributed by atoms with Crippen molar-refractivity contribution in [3.8, 4) is 0 Å². The molecule has 0 aliphatic heterocycles. The predicted molar refractivity (Wildman–Crippen MR) is 66.0 cm³/mol. The molecule has 110 valence electrons. The number of ether oxygens (including phenoxy) is 1. The second-order valence-electron chi connectivity index (χ2n) is 4.04. The maximum Gasteiger partial charge on any atom is 0.326 e. The molecule has 1 aromatic heterocycles. The summed E-state index contributed by atoms with van der Waals surface area (Å²) >= 11 is 0.